The molecule has 0 atom stereocenters. The van der Waals surface area contributed by atoms with Crippen molar-refractivity contribution in [2.24, 2.45) is 0 Å². The van der Waals surface area contributed by atoms with Gasteiger partial charge in [-0.05, 0) is 0 Å². The SMILES string of the molecule is CN(CC(F)F)c1cc(Cl)nc(-c2ccccc2)n1. The third kappa shape index (κ3) is 3.61. The molecule has 3 nitrogen and oxygen atoms in total. The van der Waals surface area contributed by atoms with Crippen molar-refractivity contribution < 1.29 is 8.78 Å². The van der Waals surface area contributed by atoms with Crippen LogP contribution in [0.2, 0.25) is 5.15 Å². The Labute approximate surface area is 114 Å². The van der Waals surface area contributed by atoms with E-state index in [-0.39, 0.29) is 5.15 Å². The van der Waals surface area contributed by atoms with Gasteiger partial charge in [-0.3, -0.25) is 0 Å². The van der Waals surface area contributed by atoms with E-state index in [9.17, 15) is 8.78 Å². The number of benzene rings is 1. The van der Waals surface area contributed by atoms with Crippen LogP contribution in [0.5, 0.6) is 0 Å². The normalized spacial score (nSPS) is 10.8. The maximum Gasteiger partial charge on any atom is 0.255 e. The van der Waals surface area contributed by atoms with Crippen LogP contribution >= 0.6 is 11.6 Å². The molecule has 19 heavy (non-hydrogen) atoms. The van der Waals surface area contributed by atoms with E-state index in [1.54, 1.807) is 7.05 Å². The zero-order chi connectivity index (χ0) is 13.8. The Morgan fingerprint density at radius 2 is 1.89 bits per heavy atom. The molecule has 2 rings (SSSR count). The molecule has 0 N–H and O–H groups in total. The molecule has 0 aliphatic rings. The minimum atomic E-state index is -2.43. The molecule has 1 heterocycles. The van der Waals surface area contributed by atoms with Gasteiger partial charge < -0.3 is 4.90 Å². The molecule has 0 aliphatic heterocycles. The zero-order valence-corrected chi connectivity index (χ0v) is 11.0. The number of aromatic nitrogens is 2. The van der Waals surface area contributed by atoms with Gasteiger partial charge in [-0.2, -0.15) is 0 Å². The summed E-state index contributed by atoms with van der Waals surface area (Å²) in [6.07, 6.45) is -2.43. The van der Waals surface area contributed by atoms with Gasteiger partial charge >= 0.3 is 0 Å². The fourth-order valence-electron chi connectivity index (χ4n) is 1.62. The van der Waals surface area contributed by atoms with Crippen molar-refractivity contribution in [3.05, 3.63) is 41.6 Å². The van der Waals surface area contributed by atoms with Crippen LogP contribution in [0.4, 0.5) is 14.6 Å². The monoisotopic (exact) mass is 283 g/mol. The van der Waals surface area contributed by atoms with Crippen LogP contribution in [0.1, 0.15) is 0 Å². The van der Waals surface area contributed by atoms with Gasteiger partial charge in [0.25, 0.3) is 6.43 Å². The zero-order valence-electron chi connectivity index (χ0n) is 10.2. The van der Waals surface area contributed by atoms with E-state index >= 15 is 0 Å². The Balaban J connectivity index is 2.35. The molecule has 1 aromatic carbocycles. The van der Waals surface area contributed by atoms with Crippen molar-refractivity contribution in [2.75, 3.05) is 18.5 Å². The molecule has 6 heteroatoms. The highest BCUT2D eigenvalue weighted by molar-refractivity contribution is 6.29. The first-order valence-corrected chi connectivity index (χ1v) is 6.03. The number of anilines is 1. The Morgan fingerprint density at radius 3 is 2.53 bits per heavy atom. The summed E-state index contributed by atoms with van der Waals surface area (Å²) in [5.74, 6) is 0.795. The second kappa shape index (κ2) is 5.93. The minimum absolute atomic E-state index is 0.227. The molecule has 0 saturated carbocycles. The summed E-state index contributed by atoms with van der Waals surface area (Å²) >= 11 is 5.92. The molecular weight excluding hydrogens is 272 g/mol. The average molecular weight is 284 g/mol. The van der Waals surface area contributed by atoms with Gasteiger partial charge in [0.1, 0.15) is 11.0 Å². The molecule has 0 unspecified atom stereocenters. The van der Waals surface area contributed by atoms with Gasteiger partial charge in [0.05, 0.1) is 6.54 Å². The van der Waals surface area contributed by atoms with Crippen molar-refractivity contribution in [3.63, 3.8) is 0 Å². The van der Waals surface area contributed by atoms with Crippen molar-refractivity contribution in [3.8, 4) is 11.4 Å². The first-order chi connectivity index (χ1) is 9.06. The fraction of sp³-hybridized carbons (Fsp3) is 0.231. The van der Waals surface area contributed by atoms with Crippen LogP contribution in [0.15, 0.2) is 36.4 Å². The molecule has 0 fully saturated rings. The molecule has 0 saturated heterocycles. The number of hydrogen-bond donors (Lipinski definition) is 0. The molecule has 0 spiro atoms. The fourth-order valence-corrected chi connectivity index (χ4v) is 1.80. The third-order valence-electron chi connectivity index (χ3n) is 2.52. The number of hydrogen-bond acceptors (Lipinski definition) is 3. The number of nitrogens with zero attached hydrogens (tertiary/aromatic N) is 3. The molecule has 0 aliphatic carbocycles. The van der Waals surface area contributed by atoms with Crippen molar-refractivity contribution >= 4 is 17.4 Å². The van der Waals surface area contributed by atoms with Crippen LogP contribution < -0.4 is 4.90 Å². The van der Waals surface area contributed by atoms with E-state index in [1.807, 2.05) is 30.3 Å². The molecule has 0 radical (unpaired) electrons. The maximum atomic E-state index is 12.4. The molecule has 0 bridgehead atoms. The summed E-state index contributed by atoms with van der Waals surface area (Å²) in [5.41, 5.74) is 0.789. The third-order valence-corrected chi connectivity index (χ3v) is 2.71. The highest BCUT2D eigenvalue weighted by Crippen LogP contribution is 2.22. The lowest BCUT2D eigenvalue weighted by molar-refractivity contribution is 0.156. The highest BCUT2D eigenvalue weighted by atomic mass is 35.5. The van der Waals surface area contributed by atoms with E-state index < -0.39 is 13.0 Å². The molecule has 2 aromatic rings. The lowest BCUT2D eigenvalue weighted by Crippen LogP contribution is -2.25. The lowest BCUT2D eigenvalue weighted by atomic mass is 10.2. The van der Waals surface area contributed by atoms with E-state index in [2.05, 4.69) is 9.97 Å². The van der Waals surface area contributed by atoms with Crippen molar-refractivity contribution in [1.82, 2.24) is 9.97 Å². The Morgan fingerprint density at radius 1 is 1.21 bits per heavy atom. The van der Waals surface area contributed by atoms with E-state index in [0.29, 0.717) is 11.6 Å². The summed E-state index contributed by atoms with van der Waals surface area (Å²) in [4.78, 5) is 9.71. The van der Waals surface area contributed by atoms with Gasteiger partial charge in [-0.1, -0.05) is 41.9 Å². The maximum absolute atomic E-state index is 12.4. The average Bonchev–Trinajstić information content (AvgIpc) is 2.38. The van der Waals surface area contributed by atoms with Gasteiger partial charge in [-0.25, -0.2) is 18.7 Å². The Bertz CT molecular complexity index is 549. The van der Waals surface area contributed by atoms with Crippen LogP contribution in [-0.4, -0.2) is 30.0 Å². The topological polar surface area (TPSA) is 29.0 Å². The van der Waals surface area contributed by atoms with Gasteiger partial charge in [0.15, 0.2) is 5.82 Å². The van der Waals surface area contributed by atoms with Crippen molar-refractivity contribution in [1.29, 1.82) is 0 Å². The van der Waals surface area contributed by atoms with Gasteiger partial charge in [0.2, 0.25) is 0 Å². The summed E-state index contributed by atoms with van der Waals surface area (Å²) in [6, 6.07) is 10.7. The molecule has 0 amide bonds. The largest absolute Gasteiger partial charge is 0.354 e. The molecular formula is C13H12ClF2N3. The Kier molecular flexibility index (Phi) is 4.27. The summed E-state index contributed by atoms with van der Waals surface area (Å²) in [5, 5.41) is 0.227. The van der Waals surface area contributed by atoms with Crippen LogP contribution in [-0.2, 0) is 0 Å². The van der Waals surface area contributed by atoms with E-state index in [0.717, 1.165) is 5.56 Å². The van der Waals surface area contributed by atoms with Gasteiger partial charge in [0, 0.05) is 18.7 Å². The lowest BCUT2D eigenvalue weighted by Gasteiger charge is -2.18. The molecule has 1 aromatic heterocycles. The van der Waals surface area contributed by atoms with E-state index in [4.69, 9.17) is 11.6 Å². The standard InChI is InChI=1S/C13H12ClF2N3/c1-19(8-11(15)16)12-7-10(14)17-13(18-12)9-5-3-2-4-6-9/h2-7,11H,8H2,1H3. The summed E-state index contributed by atoms with van der Waals surface area (Å²) in [7, 11) is 1.54. The summed E-state index contributed by atoms with van der Waals surface area (Å²) < 4.78 is 24.8. The number of halogens is 3. The van der Waals surface area contributed by atoms with Crippen LogP contribution in [0, 0.1) is 0 Å². The van der Waals surface area contributed by atoms with E-state index in [1.165, 1.54) is 11.0 Å². The van der Waals surface area contributed by atoms with Crippen LogP contribution in [0.3, 0.4) is 0 Å². The summed E-state index contributed by atoms with van der Waals surface area (Å²) in [6.45, 7) is -0.401. The minimum Gasteiger partial charge on any atom is -0.354 e. The quantitative estimate of drug-likeness (QED) is 0.804. The van der Waals surface area contributed by atoms with Gasteiger partial charge in [-0.15, -0.1) is 0 Å². The first kappa shape index (κ1) is 13.7. The van der Waals surface area contributed by atoms with Crippen LogP contribution in [0.25, 0.3) is 11.4 Å². The van der Waals surface area contributed by atoms with Crippen molar-refractivity contribution in [2.45, 2.75) is 6.43 Å². The second-order valence-electron chi connectivity index (χ2n) is 4.01. The Hall–Kier alpha value is -1.75. The first-order valence-electron chi connectivity index (χ1n) is 5.65. The molecule has 100 valence electrons. The smallest absolute Gasteiger partial charge is 0.255 e. The predicted octanol–water partition coefficient (Wildman–Crippen LogP) is 3.50. The predicted molar refractivity (Wildman–Crippen MR) is 71.8 cm³/mol. The number of rotatable bonds is 4. The second-order valence-corrected chi connectivity index (χ2v) is 4.40. The number of alkyl halides is 2. The highest BCUT2D eigenvalue weighted by Gasteiger charge is 2.12.